The second-order valence-electron chi connectivity index (χ2n) is 3.91. The first-order valence-electron chi connectivity index (χ1n) is 5.54. The molecule has 0 radical (unpaired) electrons. The van der Waals surface area contributed by atoms with Crippen molar-refractivity contribution in [2.45, 2.75) is 6.18 Å². The number of carbonyl (C=O) groups is 1. The summed E-state index contributed by atoms with van der Waals surface area (Å²) < 4.78 is 47.4. The quantitative estimate of drug-likeness (QED) is 0.843. The molecule has 0 spiro atoms. The molecular weight excluding hydrogens is 279 g/mol. The number of rotatable bonds is 6. The maximum atomic E-state index is 12.5. The zero-order chi connectivity index (χ0) is 15.3. The fraction of sp³-hybridized carbons (Fsp3) is 0.417. The third-order valence-electron chi connectivity index (χ3n) is 2.55. The summed E-state index contributed by atoms with van der Waals surface area (Å²) in [6.07, 6.45) is -4.82. The van der Waals surface area contributed by atoms with Crippen LogP contribution in [0.1, 0.15) is 0 Å². The zero-order valence-corrected chi connectivity index (χ0v) is 10.8. The Hall–Kier alpha value is -2.12. The molecule has 2 N–H and O–H groups in total. The summed E-state index contributed by atoms with van der Waals surface area (Å²) in [4.78, 5) is 10.6. The SMILES string of the molecule is COc1cc(NCC(C(=O)O)C(F)(F)F)cc(OC)c1. The van der Waals surface area contributed by atoms with E-state index in [0.717, 1.165) is 0 Å². The Morgan fingerprint density at radius 3 is 2.10 bits per heavy atom. The van der Waals surface area contributed by atoms with Gasteiger partial charge < -0.3 is 19.9 Å². The summed E-state index contributed by atoms with van der Waals surface area (Å²) in [6, 6.07) is 4.43. The number of benzene rings is 1. The number of nitrogens with one attached hydrogen (secondary N) is 1. The molecule has 8 heteroatoms. The maximum absolute atomic E-state index is 12.5. The van der Waals surface area contributed by atoms with E-state index in [2.05, 4.69) is 5.32 Å². The van der Waals surface area contributed by atoms with Crippen molar-refractivity contribution in [3.05, 3.63) is 18.2 Å². The van der Waals surface area contributed by atoms with E-state index in [0.29, 0.717) is 11.5 Å². The Balaban J connectivity index is 2.85. The van der Waals surface area contributed by atoms with Crippen molar-refractivity contribution in [3.8, 4) is 11.5 Å². The molecule has 112 valence electrons. The standard InChI is InChI=1S/C12H14F3NO4/c1-19-8-3-7(4-9(5-8)20-2)16-6-10(11(17)18)12(13,14)15/h3-5,10,16H,6H2,1-2H3,(H,17,18). The van der Waals surface area contributed by atoms with Gasteiger partial charge in [0.15, 0.2) is 5.92 Å². The highest BCUT2D eigenvalue weighted by Crippen LogP contribution is 2.29. The van der Waals surface area contributed by atoms with E-state index in [4.69, 9.17) is 14.6 Å². The normalized spacial score (nSPS) is 12.7. The largest absolute Gasteiger partial charge is 0.497 e. The van der Waals surface area contributed by atoms with Crippen LogP contribution in [0.5, 0.6) is 11.5 Å². The summed E-state index contributed by atoms with van der Waals surface area (Å²) in [7, 11) is 2.79. The van der Waals surface area contributed by atoms with Gasteiger partial charge in [-0.25, -0.2) is 0 Å². The highest BCUT2D eigenvalue weighted by atomic mass is 19.4. The molecule has 0 aliphatic rings. The topological polar surface area (TPSA) is 67.8 Å². The Labute approximate surface area is 113 Å². The average Bonchev–Trinajstić information content (AvgIpc) is 2.36. The van der Waals surface area contributed by atoms with Crippen molar-refractivity contribution in [2.75, 3.05) is 26.1 Å². The van der Waals surface area contributed by atoms with Crippen LogP contribution in [0.4, 0.5) is 18.9 Å². The molecule has 0 saturated heterocycles. The first-order chi connectivity index (χ1) is 9.27. The summed E-state index contributed by atoms with van der Waals surface area (Å²) in [5.74, 6) is -3.66. The molecule has 1 unspecified atom stereocenters. The van der Waals surface area contributed by atoms with E-state index in [-0.39, 0.29) is 5.69 Å². The molecule has 0 heterocycles. The number of hydrogen-bond donors (Lipinski definition) is 2. The van der Waals surface area contributed by atoms with Gasteiger partial charge in [0.05, 0.1) is 14.2 Å². The van der Waals surface area contributed by atoms with Gasteiger partial charge in [0.2, 0.25) is 0 Å². The van der Waals surface area contributed by atoms with Crippen molar-refractivity contribution >= 4 is 11.7 Å². The van der Waals surface area contributed by atoms with Crippen LogP contribution in [-0.4, -0.2) is 38.0 Å². The summed E-state index contributed by atoms with van der Waals surface area (Å²) >= 11 is 0. The van der Waals surface area contributed by atoms with Crippen molar-refractivity contribution in [1.82, 2.24) is 0 Å². The predicted octanol–water partition coefficient (Wildman–Crippen LogP) is 2.38. The van der Waals surface area contributed by atoms with E-state index in [9.17, 15) is 18.0 Å². The van der Waals surface area contributed by atoms with E-state index < -0.39 is 24.6 Å². The fourth-order valence-corrected chi connectivity index (χ4v) is 1.47. The number of anilines is 1. The minimum absolute atomic E-state index is 0.275. The predicted molar refractivity (Wildman–Crippen MR) is 65.2 cm³/mol. The van der Waals surface area contributed by atoms with Gasteiger partial charge >= 0.3 is 12.1 Å². The van der Waals surface area contributed by atoms with Gasteiger partial charge in [-0.1, -0.05) is 0 Å². The fourth-order valence-electron chi connectivity index (χ4n) is 1.47. The van der Waals surface area contributed by atoms with E-state index in [1.807, 2.05) is 0 Å². The molecular formula is C12H14F3NO4. The van der Waals surface area contributed by atoms with Crippen LogP contribution in [0, 0.1) is 5.92 Å². The van der Waals surface area contributed by atoms with Gasteiger partial charge in [0, 0.05) is 30.4 Å². The molecule has 0 fully saturated rings. The first-order valence-corrected chi connectivity index (χ1v) is 5.54. The van der Waals surface area contributed by atoms with Crippen LogP contribution in [0.15, 0.2) is 18.2 Å². The smallest absolute Gasteiger partial charge is 0.403 e. The van der Waals surface area contributed by atoms with Gasteiger partial charge in [0.1, 0.15) is 11.5 Å². The van der Waals surface area contributed by atoms with Crippen molar-refractivity contribution in [2.24, 2.45) is 5.92 Å². The molecule has 1 atom stereocenters. The molecule has 0 aromatic heterocycles. The molecule has 0 aliphatic carbocycles. The Kier molecular flexibility index (Phi) is 5.06. The number of carboxylic acid groups (broad SMARTS) is 1. The van der Waals surface area contributed by atoms with E-state index >= 15 is 0 Å². The number of alkyl halides is 3. The van der Waals surface area contributed by atoms with Crippen molar-refractivity contribution in [3.63, 3.8) is 0 Å². The van der Waals surface area contributed by atoms with Gasteiger partial charge in [-0.2, -0.15) is 13.2 Å². The monoisotopic (exact) mass is 293 g/mol. The molecule has 1 aromatic rings. The lowest BCUT2D eigenvalue weighted by Gasteiger charge is -2.17. The van der Waals surface area contributed by atoms with Crippen LogP contribution < -0.4 is 14.8 Å². The lowest BCUT2D eigenvalue weighted by atomic mass is 10.1. The summed E-state index contributed by atoms with van der Waals surface area (Å²) in [5, 5.41) is 11.0. The van der Waals surface area contributed by atoms with Crippen LogP contribution in [0.3, 0.4) is 0 Å². The van der Waals surface area contributed by atoms with E-state index in [1.54, 1.807) is 6.07 Å². The minimum Gasteiger partial charge on any atom is -0.497 e. The zero-order valence-electron chi connectivity index (χ0n) is 10.8. The molecule has 20 heavy (non-hydrogen) atoms. The summed E-state index contributed by atoms with van der Waals surface area (Å²) in [5.41, 5.74) is 0.275. The van der Waals surface area contributed by atoms with Gasteiger partial charge in [-0.15, -0.1) is 0 Å². The van der Waals surface area contributed by atoms with Crippen molar-refractivity contribution < 1.29 is 32.5 Å². The van der Waals surface area contributed by atoms with Crippen LogP contribution in [0.2, 0.25) is 0 Å². The number of aliphatic carboxylic acids is 1. The molecule has 5 nitrogen and oxygen atoms in total. The number of hydrogen-bond acceptors (Lipinski definition) is 4. The minimum atomic E-state index is -4.82. The number of carboxylic acids is 1. The number of methoxy groups -OCH3 is 2. The van der Waals surface area contributed by atoms with Gasteiger partial charge in [0.25, 0.3) is 0 Å². The first kappa shape index (κ1) is 15.9. The third-order valence-corrected chi connectivity index (χ3v) is 2.55. The van der Waals surface area contributed by atoms with Gasteiger partial charge in [-0.05, 0) is 0 Å². The third kappa shape index (κ3) is 4.22. The number of halogens is 3. The molecule has 1 aromatic carbocycles. The number of ether oxygens (including phenoxy) is 2. The maximum Gasteiger partial charge on any atom is 0.403 e. The summed E-state index contributed by atoms with van der Waals surface area (Å²) in [6.45, 7) is -0.783. The van der Waals surface area contributed by atoms with E-state index in [1.165, 1.54) is 26.4 Å². The average molecular weight is 293 g/mol. The molecule has 0 saturated carbocycles. The Bertz CT molecular complexity index is 454. The van der Waals surface area contributed by atoms with Crippen LogP contribution >= 0.6 is 0 Å². The second-order valence-corrected chi connectivity index (χ2v) is 3.91. The van der Waals surface area contributed by atoms with Crippen LogP contribution in [0.25, 0.3) is 0 Å². The molecule has 1 rings (SSSR count). The highest BCUT2D eigenvalue weighted by Gasteiger charge is 2.44. The Morgan fingerprint density at radius 1 is 1.25 bits per heavy atom. The second kappa shape index (κ2) is 6.36. The lowest BCUT2D eigenvalue weighted by Crippen LogP contribution is -2.36. The molecule has 0 bridgehead atoms. The Morgan fingerprint density at radius 2 is 1.75 bits per heavy atom. The van der Waals surface area contributed by atoms with Crippen LogP contribution in [-0.2, 0) is 4.79 Å². The highest BCUT2D eigenvalue weighted by molar-refractivity contribution is 5.72. The lowest BCUT2D eigenvalue weighted by molar-refractivity contribution is -0.190. The molecule has 0 aliphatic heterocycles. The molecule has 0 amide bonds. The van der Waals surface area contributed by atoms with Gasteiger partial charge in [-0.3, -0.25) is 4.79 Å². The van der Waals surface area contributed by atoms with Crippen molar-refractivity contribution in [1.29, 1.82) is 0 Å².